The molecule has 9 heteroatoms. The Morgan fingerprint density at radius 2 is 1.93 bits per heavy atom. The van der Waals surface area contributed by atoms with Crippen LogP contribution in [0.4, 0.5) is 4.39 Å². The average Bonchev–Trinajstić information content (AvgIpc) is 2.66. The molecule has 1 fully saturated rings. The minimum absolute atomic E-state index is 0. The Bertz CT molecular complexity index is 660. The lowest BCUT2D eigenvalue weighted by Gasteiger charge is -2.36. The number of hydrogen-bond donors (Lipinski definition) is 2. The van der Waals surface area contributed by atoms with Gasteiger partial charge in [0.25, 0.3) is 5.91 Å². The molecule has 3 N–H and O–H groups in total. The first-order valence-electron chi connectivity index (χ1n) is 8.71. The lowest BCUT2D eigenvalue weighted by atomic mass is 10.00. The molecule has 2 amide bonds. The van der Waals surface area contributed by atoms with E-state index < -0.39 is 11.7 Å². The van der Waals surface area contributed by atoms with Gasteiger partial charge in [0.15, 0.2) is 11.5 Å². The number of methoxy groups -OCH3 is 2. The van der Waals surface area contributed by atoms with Gasteiger partial charge in [0.05, 0.1) is 19.8 Å². The second-order valence-electron chi connectivity index (χ2n) is 6.18. The number of hydrogen-bond acceptors (Lipinski definition) is 5. The van der Waals surface area contributed by atoms with Crippen molar-refractivity contribution in [1.82, 2.24) is 10.2 Å². The molecule has 1 heterocycles. The molecular weight excluding hydrogens is 377 g/mol. The van der Waals surface area contributed by atoms with Crippen molar-refractivity contribution in [2.24, 2.45) is 5.73 Å². The van der Waals surface area contributed by atoms with E-state index in [1.807, 2.05) is 0 Å². The third kappa shape index (κ3) is 5.71. The number of ether oxygens (including phenoxy) is 2. The van der Waals surface area contributed by atoms with Gasteiger partial charge in [-0.3, -0.25) is 9.59 Å². The van der Waals surface area contributed by atoms with Crippen molar-refractivity contribution in [3.8, 4) is 11.5 Å². The minimum Gasteiger partial charge on any atom is -0.493 e. The zero-order chi connectivity index (χ0) is 19.1. The molecule has 0 aliphatic carbocycles. The summed E-state index contributed by atoms with van der Waals surface area (Å²) < 4.78 is 24.7. The maximum absolute atomic E-state index is 14.4. The fourth-order valence-corrected chi connectivity index (χ4v) is 3.10. The van der Waals surface area contributed by atoms with Crippen molar-refractivity contribution < 1.29 is 23.5 Å². The van der Waals surface area contributed by atoms with Gasteiger partial charge < -0.3 is 25.4 Å². The molecule has 1 aromatic rings. The second kappa shape index (κ2) is 10.9. The topological polar surface area (TPSA) is 93.9 Å². The normalized spacial score (nSPS) is 16.3. The summed E-state index contributed by atoms with van der Waals surface area (Å²) in [6.07, 6.45) is 2.79. The van der Waals surface area contributed by atoms with Gasteiger partial charge in [0.2, 0.25) is 5.91 Å². The summed E-state index contributed by atoms with van der Waals surface area (Å²) in [5.41, 5.74) is 5.30. The quantitative estimate of drug-likeness (QED) is 0.723. The van der Waals surface area contributed by atoms with E-state index in [0.29, 0.717) is 18.8 Å². The number of nitrogens with two attached hydrogens (primary N) is 1. The number of nitrogens with zero attached hydrogens (tertiary/aromatic N) is 1. The van der Waals surface area contributed by atoms with Crippen LogP contribution in [0.1, 0.15) is 36.0 Å². The van der Waals surface area contributed by atoms with Crippen molar-refractivity contribution in [3.63, 3.8) is 0 Å². The van der Waals surface area contributed by atoms with E-state index in [2.05, 4.69) is 5.32 Å². The first kappa shape index (κ1) is 23.0. The highest BCUT2D eigenvalue weighted by Crippen LogP contribution is 2.31. The highest BCUT2D eigenvalue weighted by Gasteiger charge is 2.30. The van der Waals surface area contributed by atoms with Crippen molar-refractivity contribution in [2.45, 2.75) is 31.7 Å². The van der Waals surface area contributed by atoms with Gasteiger partial charge in [0, 0.05) is 38.2 Å². The maximum atomic E-state index is 14.4. The van der Waals surface area contributed by atoms with E-state index in [0.717, 1.165) is 25.3 Å². The summed E-state index contributed by atoms with van der Waals surface area (Å²) in [6.45, 7) is 1.12. The van der Waals surface area contributed by atoms with Crippen LogP contribution in [-0.4, -0.2) is 56.6 Å². The molecule has 0 aromatic heterocycles. The van der Waals surface area contributed by atoms with E-state index >= 15 is 0 Å². The predicted molar refractivity (Wildman–Crippen MR) is 102 cm³/mol. The molecule has 152 valence electrons. The second-order valence-corrected chi connectivity index (χ2v) is 6.18. The molecule has 1 atom stereocenters. The number of nitrogens with one attached hydrogen (secondary N) is 1. The van der Waals surface area contributed by atoms with Crippen molar-refractivity contribution in [2.75, 3.05) is 33.9 Å². The van der Waals surface area contributed by atoms with Crippen LogP contribution in [-0.2, 0) is 4.79 Å². The van der Waals surface area contributed by atoms with Crippen molar-refractivity contribution >= 4 is 24.2 Å². The predicted octanol–water partition coefficient (Wildman–Crippen LogP) is 1.72. The molecule has 0 saturated carbocycles. The van der Waals surface area contributed by atoms with Crippen molar-refractivity contribution in [3.05, 3.63) is 23.5 Å². The number of rotatable bonds is 7. The number of piperidine rings is 1. The van der Waals surface area contributed by atoms with Crippen LogP contribution in [0.2, 0.25) is 0 Å². The summed E-state index contributed by atoms with van der Waals surface area (Å²) in [5.74, 6) is -0.707. The molecule has 1 saturated heterocycles. The highest BCUT2D eigenvalue weighted by molar-refractivity contribution is 5.95. The number of amides is 2. The van der Waals surface area contributed by atoms with Crippen LogP contribution in [0.25, 0.3) is 0 Å². The standard InChI is InChI=1S/C18H26FN3O4.ClH/c1-25-15-9-13(14(19)10-16(15)26-2)18(24)22-8-4-3-5-12(22)11-21-17(23)6-7-20;/h9-10,12H,3-8,11,20H2,1-2H3,(H,21,23);1H. The Balaban J connectivity index is 0.00000364. The first-order valence-corrected chi connectivity index (χ1v) is 8.71. The van der Waals surface area contributed by atoms with Crippen molar-refractivity contribution in [1.29, 1.82) is 0 Å². The average molecular weight is 404 g/mol. The molecule has 0 radical (unpaired) electrons. The summed E-state index contributed by atoms with van der Waals surface area (Å²) >= 11 is 0. The van der Waals surface area contributed by atoms with Crippen LogP contribution < -0.4 is 20.5 Å². The van der Waals surface area contributed by atoms with Crippen LogP contribution in [0.15, 0.2) is 12.1 Å². The molecule has 1 aromatic carbocycles. The summed E-state index contributed by atoms with van der Waals surface area (Å²) in [5, 5.41) is 2.79. The third-order valence-electron chi connectivity index (χ3n) is 4.50. The molecule has 2 rings (SSSR count). The van der Waals surface area contributed by atoms with Gasteiger partial charge in [-0.1, -0.05) is 0 Å². The number of carbonyl (C=O) groups excluding carboxylic acids is 2. The number of carbonyl (C=O) groups is 2. The van der Waals surface area contributed by atoms with E-state index in [9.17, 15) is 14.0 Å². The van der Waals surface area contributed by atoms with E-state index in [4.69, 9.17) is 15.2 Å². The zero-order valence-electron chi connectivity index (χ0n) is 15.6. The van der Waals surface area contributed by atoms with Crippen LogP contribution in [0.3, 0.4) is 0 Å². The van der Waals surface area contributed by atoms with Crippen LogP contribution in [0.5, 0.6) is 11.5 Å². The van der Waals surface area contributed by atoms with Crippen LogP contribution in [0, 0.1) is 5.82 Å². The summed E-state index contributed by atoms with van der Waals surface area (Å²) in [6, 6.07) is 2.33. The smallest absolute Gasteiger partial charge is 0.257 e. The molecule has 1 aliphatic rings. The fourth-order valence-electron chi connectivity index (χ4n) is 3.10. The molecule has 0 bridgehead atoms. The number of likely N-dealkylation sites (tertiary alicyclic amines) is 1. The monoisotopic (exact) mass is 403 g/mol. The summed E-state index contributed by atoms with van der Waals surface area (Å²) in [7, 11) is 2.84. The maximum Gasteiger partial charge on any atom is 0.257 e. The Kier molecular flexibility index (Phi) is 9.31. The van der Waals surface area contributed by atoms with Gasteiger partial charge in [-0.2, -0.15) is 0 Å². The van der Waals surface area contributed by atoms with E-state index in [-0.39, 0.29) is 48.6 Å². The van der Waals surface area contributed by atoms with Gasteiger partial charge in [-0.05, 0) is 25.3 Å². The Hall–Kier alpha value is -2.06. The Morgan fingerprint density at radius 3 is 2.56 bits per heavy atom. The lowest BCUT2D eigenvalue weighted by molar-refractivity contribution is -0.121. The van der Waals surface area contributed by atoms with Gasteiger partial charge >= 0.3 is 0 Å². The zero-order valence-corrected chi connectivity index (χ0v) is 16.4. The molecule has 0 spiro atoms. The number of benzene rings is 1. The fraction of sp³-hybridized carbons (Fsp3) is 0.556. The lowest BCUT2D eigenvalue weighted by Crippen LogP contribution is -2.49. The first-order chi connectivity index (χ1) is 12.5. The molecular formula is C18H27ClFN3O4. The third-order valence-corrected chi connectivity index (χ3v) is 4.50. The van der Waals surface area contributed by atoms with Gasteiger partial charge in [0.1, 0.15) is 5.82 Å². The minimum atomic E-state index is -0.663. The molecule has 1 aliphatic heterocycles. The highest BCUT2D eigenvalue weighted by atomic mass is 35.5. The number of halogens is 2. The van der Waals surface area contributed by atoms with Gasteiger partial charge in [-0.25, -0.2) is 4.39 Å². The Morgan fingerprint density at radius 1 is 1.26 bits per heavy atom. The SMILES string of the molecule is COc1cc(F)c(C(=O)N2CCCCC2CNC(=O)CCN)cc1OC.Cl. The van der Waals surface area contributed by atoms with E-state index in [1.165, 1.54) is 20.3 Å². The molecule has 7 nitrogen and oxygen atoms in total. The van der Waals surface area contributed by atoms with E-state index in [1.54, 1.807) is 4.90 Å². The Labute approximate surface area is 164 Å². The molecule has 27 heavy (non-hydrogen) atoms. The van der Waals surface area contributed by atoms with Crippen LogP contribution >= 0.6 is 12.4 Å². The summed E-state index contributed by atoms with van der Waals surface area (Å²) in [4.78, 5) is 26.2. The molecule has 1 unspecified atom stereocenters. The largest absolute Gasteiger partial charge is 0.493 e. The van der Waals surface area contributed by atoms with Gasteiger partial charge in [-0.15, -0.1) is 12.4 Å².